The Morgan fingerprint density at radius 3 is 2.58 bits per heavy atom. The zero-order valence-corrected chi connectivity index (χ0v) is 10.2. The van der Waals surface area contributed by atoms with Gasteiger partial charge in [0, 0.05) is 24.5 Å². The summed E-state index contributed by atoms with van der Waals surface area (Å²) in [5.41, 5.74) is 1.22. The molecule has 0 aromatic heterocycles. The number of hydrogen-bond donors (Lipinski definition) is 0. The highest BCUT2D eigenvalue weighted by molar-refractivity contribution is 6.45. The lowest BCUT2D eigenvalue weighted by atomic mass is 10.1. The maximum Gasteiger partial charge on any atom is 0.294 e. The highest BCUT2D eigenvalue weighted by atomic mass is 16.4. The van der Waals surface area contributed by atoms with Crippen molar-refractivity contribution in [2.45, 2.75) is 6.42 Å². The molecule has 98 valence electrons. The van der Waals surface area contributed by atoms with Gasteiger partial charge in [0.15, 0.2) is 0 Å². The molecule has 0 saturated carbocycles. The van der Waals surface area contributed by atoms with Crippen molar-refractivity contribution in [3.05, 3.63) is 41.5 Å². The molecule has 5 heteroatoms. The zero-order valence-electron chi connectivity index (χ0n) is 10.2. The lowest BCUT2D eigenvalue weighted by Gasteiger charge is -2.13. The largest absolute Gasteiger partial charge is 0.550 e. The molecule has 0 N–H and O–H groups in total. The minimum atomic E-state index is -1.24. The summed E-state index contributed by atoms with van der Waals surface area (Å²) >= 11 is 0. The molecule has 5 nitrogen and oxygen atoms in total. The fourth-order valence-corrected chi connectivity index (χ4v) is 1.90. The van der Waals surface area contributed by atoms with Crippen LogP contribution >= 0.6 is 0 Å². The van der Waals surface area contributed by atoms with E-state index in [-0.39, 0.29) is 19.5 Å². The van der Waals surface area contributed by atoms with E-state index in [0.29, 0.717) is 5.57 Å². The fraction of sp³-hybridized carbons (Fsp3) is 0.214. The fourth-order valence-electron chi connectivity index (χ4n) is 1.90. The van der Waals surface area contributed by atoms with Gasteiger partial charge < -0.3 is 14.8 Å². The second-order valence-electron chi connectivity index (χ2n) is 4.26. The Balaban J connectivity index is 2.12. The van der Waals surface area contributed by atoms with Crippen LogP contribution in [0.15, 0.2) is 35.9 Å². The predicted molar refractivity (Wildman–Crippen MR) is 65.6 cm³/mol. The topological polar surface area (TPSA) is 77.5 Å². The number of Topliss-reactive ketones (excluding diaryl/α,β-unsaturated/α-hetero) is 1. The first-order chi connectivity index (χ1) is 9.08. The molecule has 1 heterocycles. The van der Waals surface area contributed by atoms with Crippen LogP contribution in [0.2, 0.25) is 0 Å². The number of likely N-dealkylation sites (tertiary alicyclic amines) is 1. The molecule has 1 amide bonds. The molecule has 1 fully saturated rings. The van der Waals surface area contributed by atoms with Crippen LogP contribution in [0.1, 0.15) is 12.0 Å². The zero-order chi connectivity index (χ0) is 13.8. The van der Waals surface area contributed by atoms with E-state index in [0.717, 1.165) is 5.56 Å². The average molecular weight is 258 g/mol. The summed E-state index contributed by atoms with van der Waals surface area (Å²) in [6.45, 7) is 0.152. The summed E-state index contributed by atoms with van der Waals surface area (Å²) in [5.74, 6) is -2.45. The van der Waals surface area contributed by atoms with Gasteiger partial charge in [-0.25, -0.2) is 0 Å². The first-order valence-electron chi connectivity index (χ1n) is 5.87. The Bertz CT molecular complexity index is 548. The SMILES string of the molecule is O=C([O-])CCN1C/C(=C\c2ccccc2)C(=O)C1=O. The quantitative estimate of drug-likeness (QED) is 0.545. The standard InChI is InChI=1S/C14H13NO4/c16-12(17)6-7-15-9-11(13(18)14(15)19)8-10-4-2-1-3-5-10/h1-5,8H,6-7,9H2,(H,16,17)/p-1/b11-8+. The van der Waals surface area contributed by atoms with Gasteiger partial charge in [-0.3, -0.25) is 9.59 Å². The highest BCUT2D eigenvalue weighted by Gasteiger charge is 2.33. The molecule has 0 radical (unpaired) electrons. The third kappa shape index (κ3) is 3.07. The van der Waals surface area contributed by atoms with Crippen molar-refractivity contribution >= 4 is 23.7 Å². The molecule has 0 atom stereocenters. The normalized spacial score (nSPS) is 17.3. The number of rotatable bonds is 4. The van der Waals surface area contributed by atoms with Crippen molar-refractivity contribution in [1.29, 1.82) is 0 Å². The lowest BCUT2D eigenvalue weighted by Crippen LogP contribution is -2.33. The van der Waals surface area contributed by atoms with Crippen LogP contribution < -0.4 is 5.11 Å². The number of carboxylic acid groups (broad SMARTS) is 1. The second-order valence-corrected chi connectivity index (χ2v) is 4.26. The number of hydrogen-bond acceptors (Lipinski definition) is 4. The smallest absolute Gasteiger partial charge is 0.294 e. The van der Waals surface area contributed by atoms with E-state index in [1.807, 2.05) is 30.3 Å². The molecule has 1 aromatic carbocycles. The minimum absolute atomic E-state index is 0.000956. The number of benzene rings is 1. The van der Waals surface area contributed by atoms with Crippen LogP contribution in [0.4, 0.5) is 0 Å². The monoisotopic (exact) mass is 258 g/mol. The van der Waals surface area contributed by atoms with Gasteiger partial charge in [-0.1, -0.05) is 30.3 Å². The van der Waals surface area contributed by atoms with Crippen LogP contribution in [-0.4, -0.2) is 35.6 Å². The maximum absolute atomic E-state index is 11.7. The van der Waals surface area contributed by atoms with Gasteiger partial charge >= 0.3 is 0 Å². The van der Waals surface area contributed by atoms with E-state index in [2.05, 4.69) is 0 Å². The third-order valence-electron chi connectivity index (χ3n) is 2.86. The van der Waals surface area contributed by atoms with Gasteiger partial charge in [-0.2, -0.15) is 0 Å². The van der Waals surface area contributed by atoms with Crippen LogP contribution in [0.3, 0.4) is 0 Å². The van der Waals surface area contributed by atoms with E-state index in [4.69, 9.17) is 0 Å². The lowest BCUT2D eigenvalue weighted by molar-refractivity contribution is -0.305. The highest BCUT2D eigenvalue weighted by Crippen LogP contribution is 2.17. The molecule has 2 rings (SSSR count). The van der Waals surface area contributed by atoms with Gasteiger partial charge in [0.1, 0.15) is 0 Å². The minimum Gasteiger partial charge on any atom is -0.550 e. The molecular formula is C14H12NO4-. The number of carbonyl (C=O) groups is 3. The molecule has 1 aliphatic rings. The maximum atomic E-state index is 11.7. The van der Waals surface area contributed by atoms with Crippen LogP contribution in [0.25, 0.3) is 6.08 Å². The van der Waals surface area contributed by atoms with Crippen molar-refractivity contribution in [3.8, 4) is 0 Å². The Hall–Kier alpha value is -2.43. The van der Waals surface area contributed by atoms with E-state index < -0.39 is 17.7 Å². The van der Waals surface area contributed by atoms with Crippen LogP contribution in [-0.2, 0) is 14.4 Å². The van der Waals surface area contributed by atoms with Crippen molar-refractivity contribution in [1.82, 2.24) is 4.90 Å². The van der Waals surface area contributed by atoms with E-state index in [1.54, 1.807) is 6.08 Å². The number of aliphatic carboxylic acids is 1. The Kier molecular flexibility index (Phi) is 3.75. The van der Waals surface area contributed by atoms with Crippen LogP contribution in [0.5, 0.6) is 0 Å². The number of nitrogens with zero attached hydrogens (tertiary/aromatic N) is 1. The van der Waals surface area contributed by atoms with Gasteiger partial charge in [0.25, 0.3) is 5.91 Å². The summed E-state index contributed by atoms with van der Waals surface area (Å²) < 4.78 is 0. The summed E-state index contributed by atoms with van der Waals surface area (Å²) in [6, 6.07) is 9.18. The Labute approximate surface area is 110 Å². The number of carboxylic acids is 1. The van der Waals surface area contributed by atoms with E-state index >= 15 is 0 Å². The third-order valence-corrected chi connectivity index (χ3v) is 2.86. The number of ketones is 1. The molecule has 0 aliphatic carbocycles. The number of carbonyl (C=O) groups excluding carboxylic acids is 3. The molecular weight excluding hydrogens is 246 g/mol. The average Bonchev–Trinajstić information content (AvgIpc) is 2.66. The molecule has 19 heavy (non-hydrogen) atoms. The van der Waals surface area contributed by atoms with Gasteiger partial charge in [-0.05, 0) is 11.6 Å². The Morgan fingerprint density at radius 1 is 1.26 bits per heavy atom. The van der Waals surface area contributed by atoms with Gasteiger partial charge in [0.05, 0.1) is 6.54 Å². The summed E-state index contributed by atoms with van der Waals surface area (Å²) in [4.78, 5) is 35.0. The van der Waals surface area contributed by atoms with Crippen molar-refractivity contribution in [3.63, 3.8) is 0 Å². The van der Waals surface area contributed by atoms with Gasteiger partial charge in [0.2, 0.25) is 5.78 Å². The van der Waals surface area contributed by atoms with Crippen molar-refractivity contribution < 1.29 is 19.5 Å². The second kappa shape index (κ2) is 5.48. The molecule has 1 saturated heterocycles. The summed E-state index contributed by atoms with van der Waals surface area (Å²) in [5, 5.41) is 10.4. The number of amides is 1. The Morgan fingerprint density at radius 2 is 1.95 bits per heavy atom. The van der Waals surface area contributed by atoms with Crippen molar-refractivity contribution in [2.24, 2.45) is 0 Å². The summed E-state index contributed by atoms with van der Waals surface area (Å²) in [6.07, 6.45) is 1.39. The predicted octanol–water partition coefficient (Wildman–Crippen LogP) is -0.379. The first kappa shape index (κ1) is 13.0. The van der Waals surface area contributed by atoms with Crippen molar-refractivity contribution in [2.75, 3.05) is 13.1 Å². The molecule has 0 unspecified atom stereocenters. The molecule has 1 aliphatic heterocycles. The summed E-state index contributed by atoms with van der Waals surface area (Å²) in [7, 11) is 0. The van der Waals surface area contributed by atoms with Gasteiger partial charge in [-0.15, -0.1) is 0 Å². The van der Waals surface area contributed by atoms with E-state index in [1.165, 1.54) is 4.90 Å². The first-order valence-corrected chi connectivity index (χ1v) is 5.87. The molecule has 1 aromatic rings. The molecule has 0 bridgehead atoms. The van der Waals surface area contributed by atoms with E-state index in [9.17, 15) is 19.5 Å². The van der Waals surface area contributed by atoms with Crippen LogP contribution in [0, 0.1) is 0 Å². The molecule has 0 spiro atoms.